The van der Waals surface area contributed by atoms with E-state index in [-0.39, 0.29) is 11.4 Å². The van der Waals surface area contributed by atoms with Crippen LogP contribution in [0.25, 0.3) is 6.08 Å². The molecule has 0 aliphatic carbocycles. The lowest BCUT2D eigenvalue weighted by atomic mass is 10.2. The second kappa shape index (κ2) is 6.42. The van der Waals surface area contributed by atoms with Gasteiger partial charge in [-0.25, -0.2) is 8.42 Å². The summed E-state index contributed by atoms with van der Waals surface area (Å²) in [6.45, 7) is 3.59. The number of rotatable bonds is 4. The summed E-state index contributed by atoms with van der Waals surface area (Å²) >= 11 is 5.87. The second-order valence-corrected chi connectivity index (χ2v) is 6.98. The van der Waals surface area contributed by atoms with Crippen molar-refractivity contribution >= 4 is 33.4 Å². The number of phenols is 1. The predicted octanol–water partition coefficient (Wildman–Crippen LogP) is 4.08. The van der Waals surface area contributed by atoms with Crippen LogP contribution in [0.2, 0.25) is 5.02 Å². The van der Waals surface area contributed by atoms with Gasteiger partial charge in [-0.15, -0.1) is 0 Å². The predicted molar refractivity (Wildman–Crippen MR) is 90.6 cm³/mol. The van der Waals surface area contributed by atoms with E-state index in [1.807, 2.05) is 31.2 Å². The Morgan fingerprint density at radius 1 is 1.14 bits per heavy atom. The van der Waals surface area contributed by atoms with Gasteiger partial charge >= 0.3 is 0 Å². The quantitative estimate of drug-likeness (QED) is 0.826. The molecule has 2 N–H and O–H groups in total. The van der Waals surface area contributed by atoms with E-state index in [9.17, 15) is 13.5 Å². The summed E-state index contributed by atoms with van der Waals surface area (Å²) in [5, 5.41) is 11.3. The molecule has 0 aromatic heterocycles. The van der Waals surface area contributed by atoms with Gasteiger partial charge in [-0.05, 0) is 43.2 Å². The molecule has 2 aromatic rings. The molecule has 0 aliphatic rings. The molecule has 0 saturated heterocycles. The van der Waals surface area contributed by atoms with E-state index in [4.69, 9.17) is 11.6 Å². The largest absolute Gasteiger partial charge is 0.505 e. The van der Waals surface area contributed by atoms with E-state index in [2.05, 4.69) is 4.72 Å². The Labute approximate surface area is 135 Å². The normalized spacial score (nSPS) is 11.8. The van der Waals surface area contributed by atoms with Gasteiger partial charge in [0.1, 0.15) is 5.75 Å². The van der Waals surface area contributed by atoms with Crippen molar-refractivity contribution in [1.82, 2.24) is 0 Å². The van der Waals surface area contributed by atoms with Crippen LogP contribution in [0.3, 0.4) is 0 Å². The van der Waals surface area contributed by atoms with Crippen LogP contribution in [0, 0.1) is 13.8 Å². The molecule has 2 rings (SSSR count). The number of benzene rings is 2. The summed E-state index contributed by atoms with van der Waals surface area (Å²) in [4.78, 5) is 0. The van der Waals surface area contributed by atoms with Gasteiger partial charge in [0.05, 0.1) is 11.1 Å². The lowest BCUT2D eigenvalue weighted by molar-refractivity contribution is 0.473. The molecule has 4 nitrogen and oxygen atoms in total. The van der Waals surface area contributed by atoms with Crippen LogP contribution in [0.4, 0.5) is 5.69 Å². The van der Waals surface area contributed by atoms with Crippen molar-refractivity contribution in [2.75, 3.05) is 4.72 Å². The van der Waals surface area contributed by atoms with Gasteiger partial charge in [-0.3, -0.25) is 4.72 Å². The maximum absolute atomic E-state index is 12.1. The van der Waals surface area contributed by atoms with Crippen LogP contribution >= 0.6 is 11.6 Å². The van der Waals surface area contributed by atoms with Crippen molar-refractivity contribution in [3.8, 4) is 5.75 Å². The Balaban J connectivity index is 2.23. The smallest absolute Gasteiger partial charge is 0.255 e. The molecule has 0 bridgehead atoms. The molecule has 116 valence electrons. The molecule has 0 aliphatic heterocycles. The van der Waals surface area contributed by atoms with Crippen LogP contribution in [0.5, 0.6) is 5.75 Å². The number of aromatic hydroxyl groups is 1. The molecular weight excluding hydrogens is 322 g/mol. The SMILES string of the molecule is Cc1ccc(C=CS(=O)(=O)Nc2cc(Cl)cc(C)c2O)cc1. The molecule has 0 unspecified atom stereocenters. The lowest BCUT2D eigenvalue weighted by Gasteiger charge is -2.09. The summed E-state index contributed by atoms with van der Waals surface area (Å²) in [5.74, 6) is -0.142. The third-order valence-electron chi connectivity index (χ3n) is 3.03. The van der Waals surface area contributed by atoms with E-state index in [0.29, 0.717) is 10.6 Å². The number of anilines is 1. The van der Waals surface area contributed by atoms with E-state index in [0.717, 1.165) is 16.5 Å². The first-order valence-electron chi connectivity index (χ1n) is 6.53. The highest BCUT2D eigenvalue weighted by molar-refractivity contribution is 7.95. The fourth-order valence-electron chi connectivity index (χ4n) is 1.85. The maximum Gasteiger partial charge on any atom is 0.255 e. The average molecular weight is 338 g/mol. The molecule has 0 saturated carbocycles. The van der Waals surface area contributed by atoms with Gasteiger partial charge in [-0.1, -0.05) is 41.4 Å². The third-order valence-corrected chi connectivity index (χ3v) is 4.25. The minimum atomic E-state index is -3.75. The van der Waals surface area contributed by atoms with Crippen molar-refractivity contribution < 1.29 is 13.5 Å². The van der Waals surface area contributed by atoms with E-state index in [1.165, 1.54) is 12.1 Å². The monoisotopic (exact) mass is 337 g/mol. The number of phenolic OH excluding ortho intramolecular Hbond substituents is 1. The first-order valence-corrected chi connectivity index (χ1v) is 8.46. The second-order valence-electron chi connectivity index (χ2n) is 4.98. The highest BCUT2D eigenvalue weighted by atomic mass is 35.5. The molecule has 0 heterocycles. The van der Waals surface area contributed by atoms with Gasteiger partial charge in [0.25, 0.3) is 10.0 Å². The fraction of sp³-hybridized carbons (Fsp3) is 0.125. The minimum absolute atomic E-state index is 0.0542. The first kappa shape index (κ1) is 16.4. The van der Waals surface area contributed by atoms with E-state index >= 15 is 0 Å². The number of nitrogens with one attached hydrogen (secondary N) is 1. The molecule has 22 heavy (non-hydrogen) atoms. The van der Waals surface area contributed by atoms with Gasteiger partial charge in [-0.2, -0.15) is 0 Å². The number of hydrogen-bond acceptors (Lipinski definition) is 3. The van der Waals surface area contributed by atoms with Crippen LogP contribution in [-0.2, 0) is 10.0 Å². The molecule has 0 amide bonds. The number of sulfonamides is 1. The Hall–Kier alpha value is -1.98. The van der Waals surface area contributed by atoms with Crippen molar-refractivity contribution in [1.29, 1.82) is 0 Å². The zero-order valence-corrected chi connectivity index (χ0v) is 13.7. The molecule has 6 heteroatoms. The Morgan fingerprint density at radius 2 is 1.77 bits per heavy atom. The fourth-order valence-corrected chi connectivity index (χ4v) is 2.99. The summed E-state index contributed by atoms with van der Waals surface area (Å²) in [6, 6.07) is 10.3. The van der Waals surface area contributed by atoms with E-state index in [1.54, 1.807) is 13.0 Å². The number of halogens is 1. The summed E-state index contributed by atoms with van der Waals surface area (Å²) in [6.07, 6.45) is 1.48. The van der Waals surface area contributed by atoms with E-state index < -0.39 is 10.0 Å². The summed E-state index contributed by atoms with van der Waals surface area (Å²) in [5.41, 5.74) is 2.41. The van der Waals surface area contributed by atoms with Crippen LogP contribution < -0.4 is 4.72 Å². The highest BCUT2D eigenvalue weighted by Crippen LogP contribution is 2.31. The highest BCUT2D eigenvalue weighted by Gasteiger charge is 2.12. The van der Waals surface area contributed by atoms with Crippen molar-refractivity contribution in [2.24, 2.45) is 0 Å². The molecular formula is C16H16ClNO3S. The number of hydrogen-bond donors (Lipinski definition) is 2. The lowest BCUT2D eigenvalue weighted by Crippen LogP contribution is -2.09. The summed E-state index contributed by atoms with van der Waals surface area (Å²) in [7, 11) is -3.75. The zero-order valence-electron chi connectivity index (χ0n) is 12.2. The number of aryl methyl sites for hydroxylation is 2. The first-order chi connectivity index (χ1) is 10.3. The minimum Gasteiger partial charge on any atom is -0.505 e. The van der Waals surface area contributed by atoms with Gasteiger partial charge in [0, 0.05) is 5.02 Å². The van der Waals surface area contributed by atoms with Crippen LogP contribution in [0.15, 0.2) is 41.8 Å². The van der Waals surface area contributed by atoms with Gasteiger partial charge in [0.2, 0.25) is 0 Å². The molecule has 2 aromatic carbocycles. The third kappa shape index (κ3) is 4.26. The van der Waals surface area contributed by atoms with Gasteiger partial charge in [0.15, 0.2) is 0 Å². The topological polar surface area (TPSA) is 66.4 Å². The summed E-state index contributed by atoms with van der Waals surface area (Å²) < 4.78 is 26.4. The maximum atomic E-state index is 12.1. The molecule has 0 radical (unpaired) electrons. The van der Waals surface area contributed by atoms with Crippen molar-refractivity contribution in [3.63, 3.8) is 0 Å². The Morgan fingerprint density at radius 3 is 2.41 bits per heavy atom. The zero-order chi connectivity index (χ0) is 16.3. The average Bonchev–Trinajstić information content (AvgIpc) is 2.43. The molecule has 0 fully saturated rings. The Bertz CT molecular complexity index is 812. The van der Waals surface area contributed by atoms with Crippen LogP contribution in [0.1, 0.15) is 16.7 Å². The standard InChI is InChI=1S/C16H16ClNO3S/c1-11-3-5-13(6-4-11)7-8-22(20,21)18-15-10-14(17)9-12(2)16(15)19/h3-10,18-19H,1-2H3. The molecule has 0 atom stereocenters. The van der Waals surface area contributed by atoms with Crippen LogP contribution in [-0.4, -0.2) is 13.5 Å². The Kier molecular flexibility index (Phi) is 4.78. The van der Waals surface area contributed by atoms with Crippen molar-refractivity contribution in [2.45, 2.75) is 13.8 Å². The van der Waals surface area contributed by atoms with Gasteiger partial charge < -0.3 is 5.11 Å². The van der Waals surface area contributed by atoms with Crippen molar-refractivity contribution in [3.05, 3.63) is 63.5 Å². The molecule has 0 spiro atoms.